The fraction of sp³-hybridized carbons (Fsp3) is 0.417. The first-order valence-corrected chi connectivity index (χ1v) is 5.61. The van der Waals surface area contributed by atoms with E-state index in [0.717, 1.165) is 0 Å². The van der Waals surface area contributed by atoms with Gasteiger partial charge in [-0.1, -0.05) is 6.07 Å². The molecule has 0 unspecified atom stereocenters. The van der Waals surface area contributed by atoms with E-state index < -0.39 is 5.97 Å². The molecule has 1 heterocycles. The minimum atomic E-state index is -1.04. The minimum Gasteiger partial charge on any atom is -0.477 e. The molecule has 6 heteroatoms. The van der Waals surface area contributed by atoms with Crippen LogP contribution in [0.25, 0.3) is 0 Å². The molecule has 0 saturated heterocycles. The number of carbonyl (C=O) groups is 2. The van der Waals surface area contributed by atoms with Gasteiger partial charge < -0.3 is 15.3 Å². The highest BCUT2D eigenvalue weighted by molar-refractivity contribution is 5.85. The van der Waals surface area contributed by atoms with Crippen LogP contribution in [0.1, 0.15) is 22.6 Å². The molecule has 1 rings (SSSR count). The van der Waals surface area contributed by atoms with E-state index in [2.05, 4.69) is 10.3 Å². The molecule has 1 amide bonds. The number of aromatic carboxylic acids is 1. The zero-order valence-electron chi connectivity index (χ0n) is 10.5. The van der Waals surface area contributed by atoms with E-state index in [-0.39, 0.29) is 11.6 Å². The molecule has 0 radical (unpaired) electrons. The largest absolute Gasteiger partial charge is 0.477 e. The summed E-state index contributed by atoms with van der Waals surface area (Å²) in [7, 11) is 3.46. The molecule has 0 bridgehead atoms. The third-order valence-electron chi connectivity index (χ3n) is 2.46. The van der Waals surface area contributed by atoms with Crippen LogP contribution in [0.3, 0.4) is 0 Å². The maximum Gasteiger partial charge on any atom is 0.354 e. The van der Waals surface area contributed by atoms with Crippen molar-refractivity contribution in [2.75, 3.05) is 20.6 Å². The molecule has 1 aromatic heterocycles. The van der Waals surface area contributed by atoms with Crippen LogP contribution in [-0.2, 0) is 11.3 Å². The van der Waals surface area contributed by atoms with E-state index in [0.29, 0.717) is 25.2 Å². The standard InChI is InChI=1S/C12H17N3O3/c1-13-11(16)6-7-15(2)8-9-4-3-5-10(14-9)12(17)18/h3-5H,6-8H2,1-2H3,(H,13,16)(H,17,18). The van der Waals surface area contributed by atoms with Crippen LogP contribution < -0.4 is 5.32 Å². The van der Waals surface area contributed by atoms with Gasteiger partial charge in [0.1, 0.15) is 5.69 Å². The highest BCUT2D eigenvalue weighted by Gasteiger charge is 2.08. The number of carboxylic acids is 1. The van der Waals surface area contributed by atoms with Crippen molar-refractivity contribution in [2.24, 2.45) is 0 Å². The third kappa shape index (κ3) is 4.50. The number of hydrogen-bond acceptors (Lipinski definition) is 4. The normalized spacial score (nSPS) is 10.4. The van der Waals surface area contributed by atoms with Gasteiger partial charge in [-0.3, -0.25) is 4.79 Å². The number of nitrogens with one attached hydrogen (secondary N) is 1. The molecule has 18 heavy (non-hydrogen) atoms. The monoisotopic (exact) mass is 251 g/mol. The first-order valence-electron chi connectivity index (χ1n) is 5.61. The third-order valence-corrected chi connectivity index (χ3v) is 2.46. The van der Waals surface area contributed by atoms with Gasteiger partial charge in [0, 0.05) is 26.6 Å². The highest BCUT2D eigenvalue weighted by Crippen LogP contribution is 2.03. The predicted octanol–water partition coefficient (Wildman–Crippen LogP) is 0.348. The second-order valence-electron chi connectivity index (χ2n) is 3.98. The van der Waals surface area contributed by atoms with Crippen molar-refractivity contribution in [3.8, 4) is 0 Å². The second-order valence-corrected chi connectivity index (χ2v) is 3.98. The number of amides is 1. The maximum absolute atomic E-state index is 11.1. The molecule has 0 aliphatic carbocycles. The molecule has 0 aromatic carbocycles. The summed E-state index contributed by atoms with van der Waals surface area (Å²) in [5.41, 5.74) is 0.710. The van der Waals surface area contributed by atoms with E-state index >= 15 is 0 Å². The molecular weight excluding hydrogens is 234 g/mol. The van der Waals surface area contributed by atoms with E-state index in [1.54, 1.807) is 19.2 Å². The number of hydrogen-bond donors (Lipinski definition) is 2. The van der Waals surface area contributed by atoms with Gasteiger partial charge in [0.25, 0.3) is 0 Å². The Morgan fingerprint density at radius 3 is 2.78 bits per heavy atom. The number of nitrogens with zero attached hydrogens (tertiary/aromatic N) is 2. The first-order chi connectivity index (χ1) is 8.52. The molecule has 1 aromatic rings. The lowest BCUT2D eigenvalue weighted by atomic mass is 10.3. The van der Waals surface area contributed by atoms with Crippen molar-refractivity contribution in [1.29, 1.82) is 0 Å². The fourth-order valence-electron chi connectivity index (χ4n) is 1.46. The Hall–Kier alpha value is -1.95. The van der Waals surface area contributed by atoms with Gasteiger partial charge in [0.05, 0.1) is 5.69 Å². The van der Waals surface area contributed by atoms with Crippen molar-refractivity contribution in [3.05, 3.63) is 29.6 Å². The molecule has 6 nitrogen and oxygen atoms in total. The van der Waals surface area contributed by atoms with Crippen molar-refractivity contribution < 1.29 is 14.7 Å². The molecular formula is C12H17N3O3. The summed E-state index contributed by atoms with van der Waals surface area (Å²) >= 11 is 0. The van der Waals surface area contributed by atoms with Crippen LogP contribution in [0, 0.1) is 0 Å². The van der Waals surface area contributed by atoms with Crippen LogP contribution >= 0.6 is 0 Å². The Bertz CT molecular complexity index is 434. The Morgan fingerprint density at radius 2 is 2.17 bits per heavy atom. The van der Waals surface area contributed by atoms with Crippen LogP contribution in [0.5, 0.6) is 0 Å². The van der Waals surface area contributed by atoms with Gasteiger partial charge in [-0.15, -0.1) is 0 Å². The Kier molecular flexibility index (Phi) is 5.26. The lowest BCUT2D eigenvalue weighted by molar-refractivity contribution is -0.120. The van der Waals surface area contributed by atoms with Crippen molar-refractivity contribution >= 4 is 11.9 Å². The van der Waals surface area contributed by atoms with E-state index in [9.17, 15) is 9.59 Å². The van der Waals surface area contributed by atoms with Crippen molar-refractivity contribution in [3.63, 3.8) is 0 Å². The summed E-state index contributed by atoms with van der Waals surface area (Å²) in [5.74, 6) is -1.06. The second kappa shape index (κ2) is 6.70. The summed E-state index contributed by atoms with van der Waals surface area (Å²) < 4.78 is 0. The Morgan fingerprint density at radius 1 is 1.44 bits per heavy atom. The minimum absolute atomic E-state index is 0.0194. The number of aromatic nitrogens is 1. The molecule has 2 N–H and O–H groups in total. The number of carbonyl (C=O) groups excluding carboxylic acids is 1. The first kappa shape index (κ1) is 14.1. The van der Waals surface area contributed by atoms with Crippen LogP contribution in [0.4, 0.5) is 0 Å². The van der Waals surface area contributed by atoms with Gasteiger partial charge in [-0.2, -0.15) is 0 Å². The maximum atomic E-state index is 11.1. The van der Waals surface area contributed by atoms with E-state index in [4.69, 9.17) is 5.11 Å². The number of carboxylic acid groups (broad SMARTS) is 1. The Balaban J connectivity index is 2.53. The molecule has 0 aliphatic rings. The Labute approximate surface area is 106 Å². The van der Waals surface area contributed by atoms with Crippen LogP contribution in [0.15, 0.2) is 18.2 Å². The molecule has 0 fully saturated rings. The van der Waals surface area contributed by atoms with Crippen LogP contribution in [0.2, 0.25) is 0 Å². The summed E-state index contributed by atoms with van der Waals surface area (Å²) in [6.07, 6.45) is 0.408. The average molecular weight is 251 g/mol. The van der Waals surface area contributed by atoms with Crippen LogP contribution in [-0.4, -0.2) is 47.5 Å². The zero-order chi connectivity index (χ0) is 13.5. The molecule has 0 spiro atoms. The quantitative estimate of drug-likeness (QED) is 0.762. The summed E-state index contributed by atoms with van der Waals surface area (Å²) in [4.78, 5) is 27.8. The summed E-state index contributed by atoms with van der Waals surface area (Å²) in [5, 5.41) is 11.4. The van der Waals surface area contributed by atoms with Gasteiger partial charge in [0.15, 0.2) is 0 Å². The SMILES string of the molecule is CNC(=O)CCN(C)Cc1cccc(C(=O)O)n1. The highest BCUT2D eigenvalue weighted by atomic mass is 16.4. The predicted molar refractivity (Wildman–Crippen MR) is 66.2 cm³/mol. The number of rotatable bonds is 6. The van der Waals surface area contributed by atoms with Gasteiger partial charge in [-0.05, 0) is 19.2 Å². The lowest BCUT2D eigenvalue weighted by Crippen LogP contribution is -2.26. The van der Waals surface area contributed by atoms with Gasteiger partial charge in [0.2, 0.25) is 5.91 Å². The zero-order valence-corrected chi connectivity index (χ0v) is 10.5. The van der Waals surface area contributed by atoms with Crippen molar-refractivity contribution in [2.45, 2.75) is 13.0 Å². The smallest absolute Gasteiger partial charge is 0.354 e. The number of pyridine rings is 1. The summed E-state index contributed by atoms with van der Waals surface area (Å²) in [6, 6.07) is 4.89. The molecule has 0 saturated carbocycles. The summed E-state index contributed by atoms with van der Waals surface area (Å²) in [6.45, 7) is 1.11. The van der Waals surface area contributed by atoms with Gasteiger partial charge in [-0.25, -0.2) is 9.78 Å². The van der Waals surface area contributed by atoms with Gasteiger partial charge >= 0.3 is 5.97 Å². The van der Waals surface area contributed by atoms with E-state index in [1.165, 1.54) is 6.07 Å². The molecule has 0 aliphatic heterocycles. The fourth-order valence-corrected chi connectivity index (χ4v) is 1.46. The molecule has 0 atom stereocenters. The topological polar surface area (TPSA) is 82.5 Å². The average Bonchev–Trinajstić information content (AvgIpc) is 2.36. The molecule has 98 valence electrons. The van der Waals surface area contributed by atoms with Crippen molar-refractivity contribution in [1.82, 2.24) is 15.2 Å². The van der Waals surface area contributed by atoms with E-state index in [1.807, 2.05) is 11.9 Å². The lowest BCUT2D eigenvalue weighted by Gasteiger charge is -2.15.